The van der Waals surface area contributed by atoms with Crippen molar-refractivity contribution in [3.8, 4) is 16.3 Å². The van der Waals surface area contributed by atoms with Gasteiger partial charge in [-0.1, -0.05) is 36.4 Å². The second-order valence-electron chi connectivity index (χ2n) is 6.33. The molecule has 4 rings (SSSR count). The van der Waals surface area contributed by atoms with E-state index >= 15 is 0 Å². The van der Waals surface area contributed by atoms with Crippen molar-refractivity contribution in [2.45, 2.75) is 11.5 Å². The van der Waals surface area contributed by atoms with E-state index in [4.69, 9.17) is 4.74 Å². The molecule has 0 saturated heterocycles. The van der Waals surface area contributed by atoms with Crippen LogP contribution in [0.4, 0.5) is 5.69 Å². The Morgan fingerprint density at radius 1 is 1.03 bits per heavy atom. The number of ether oxygens (including phenoxy) is 1. The van der Waals surface area contributed by atoms with Crippen LogP contribution < -0.4 is 4.72 Å². The molecule has 0 fully saturated rings. The summed E-state index contributed by atoms with van der Waals surface area (Å²) in [6.07, 6.45) is 1.70. The Kier molecular flexibility index (Phi) is 5.48. The number of hydrogen-bond acceptors (Lipinski definition) is 5. The van der Waals surface area contributed by atoms with E-state index in [-0.39, 0.29) is 4.90 Å². The molecule has 0 radical (unpaired) electrons. The zero-order valence-corrected chi connectivity index (χ0v) is 17.3. The van der Waals surface area contributed by atoms with Crippen molar-refractivity contribution < 1.29 is 13.2 Å². The molecule has 0 aliphatic rings. The Balaban J connectivity index is 1.71. The molecule has 1 N–H and O–H groups in total. The Morgan fingerprint density at radius 3 is 2.45 bits per heavy atom. The molecule has 2 aromatic heterocycles. The Labute approximate surface area is 173 Å². The first-order chi connectivity index (χ1) is 14.1. The first-order valence-corrected chi connectivity index (χ1v) is 11.2. The molecule has 0 atom stereocenters. The van der Waals surface area contributed by atoms with Gasteiger partial charge in [0.1, 0.15) is 5.69 Å². The number of sulfonamides is 1. The predicted octanol–water partition coefficient (Wildman–Crippen LogP) is 4.55. The van der Waals surface area contributed by atoms with Crippen LogP contribution in [0.15, 0.2) is 83.2 Å². The largest absolute Gasteiger partial charge is 0.380 e. The zero-order chi connectivity index (χ0) is 20.3. The molecule has 2 aromatic carbocycles. The second-order valence-corrected chi connectivity index (χ2v) is 8.96. The summed E-state index contributed by atoms with van der Waals surface area (Å²) in [5, 5.41) is 6.56. The Morgan fingerprint density at radius 2 is 1.79 bits per heavy atom. The van der Waals surface area contributed by atoms with E-state index in [0.29, 0.717) is 18.0 Å². The number of para-hydroxylation sites is 1. The number of thiophene rings is 1. The minimum Gasteiger partial charge on any atom is -0.380 e. The smallest absolute Gasteiger partial charge is 0.262 e. The van der Waals surface area contributed by atoms with Gasteiger partial charge in [0.05, 0.1) is 34.0 Å². The lowest BCUT2D eigenvalue weighted by molar-refractivity contribution is 0.185. The number of methoxy groups -OCH3 is 1. The number of nitrogens with one attached hydrogen (secondary N) is 1. The third-order valence-corrected chi connectivity index (χ3v) is 6.54. The summed E-state index contributed by atoms with van der Waals surface area (Å²) >= 11 is 1.50. The highest BCUT2D eigenvalue weighted by Crippen LogP contribution is 2.32. The average Bonchev–Trinajstić information content (AvgIpc) is 3.39. The molecular formula is C21H19N3O3S2. The van der Waals surface area contributed by atoms with Crippen molar-refractivity contribution in [2.24, 2.45) is 0 Å². The van der Waals surface area contributed by atoms with Crippen LogP contribution in [0.2, 0.25) is 0 Å². The fraction of sp³-hybridized carbons (Fsp3) is 0.0952. The van der Waals surface area contributed by atoms with E-state index in [2.05, 4.69) is 9.82 Å². The molecule has 8 heteroatoms. The van der Waals surface area contributed by atoms with Crippen LogP contribution in [0.25, 0.3) is 16.3 Å². The monoisotopic (exact) mass is 425 g/mol. The molecule has 0 aliphatic heterocycles. The number of benzene rings is 2. The summed E-state index contributed by atoms with van der Waals surface area (Å²) in [4.78, 5) is 1.06. The number of rotatable bonds is 7. The summed E-state index contributed by atoms with van der Waals surface area (Å²) in [5.74, 6) is 0. The van der Waals surface area contributed by atoms with Gasteiger partial charge in [-0.05, 0) is 41.3 Å². The lowest BCUT2D eigenvalue weighted by Crippen LogP contribution is -2.13. The molecule has 0 unspecified atom stereocenters. The number of hydrogen-bond donors (Lipinski definition) is 1. The van der Waals surface area contributed by atoms with Gasteiger partial charge in [-0.3, -0.25) is 4.72 Å². The minimum atomic E-state index is -3.77. The van der Waals surface area contributed by atoms with Gasteiger partial charge < -0.3 is 4.74 Å². The van der Waals surface area contributed by atoms with Crippen LogP contribution in [0.5, 0.6) is 0 Å². The van der Waals surface area contributed by atoms with Crippen molar-refractivity contribution in [3.05, 3.63) is 83.9 Å². The van der Waals surface area contributed by atoms with Gasteiger partial charge in [0.15, 0.2) is 0 Å². The molecule has 2 heterocycles. The summed E-state index contributed by atoms with van der Waals surface area (Å²) in [7, 11) is -2.17. The molecule has 4 aromatic rings. The molecule has 6 nitrogen and oxygen atoms in total. The topological polar surface area (TPSA) is 73.2 Å². The predicted molar refractivity (Wildman–Crippen MR) is 115 cm³/mol. The Bertz CT molecular complexity index is 1180. The first kappa shape index (κ1) is 19.4. The average molecular weight is 426 g/mol. The van der Waals surface area contributed by atoms with Crippen LogP contribution in [-0.2, 0) is 21.4 Å². The maximum absolute atomic E-state index is 13.0. The quantitative estimate of drug-likeness (QED) is 0.472. The van der Waals surface area contributed by atoms with Crippen LogP contribution in [0, 0.1) is 0 Å². The first-order valence-electron chi connectivity index (χ1n) is 8.86. The third kappa shape index (κ3) is 4.24. The van der Waals surface area contributed by atoms with Gasteiger partial charge in [0.25, 0.3) is 10.0 Å². The van der Waals surface area contributed by atoms with Crippen LogP contribution in [-0.4, -0.2) is 25.3 Å². The van der Waals surface area contributed by atoms with Crippen molar-refractivity contribution in [1.29, 1.82) is 0 Å². The summed E-state index contributed by atoms with van der Waals surface area (Å²) in [5.41, 5.74) is 2.77. The van der Waals surface area contributed by atoms with Crippen LogP contribution >= 0.6 is 11.3 Å². The molecule has 0 saturated carbocycles. The van der Waals surface area contributed by atoms with Crippen molar-refractivity contribution >= 4 is 27.0 Å². The molecule has 0 aliphatic carbocycles. The number of nitrogens with zero attached hydrogens (tertiary/aromatic N) is 2. The summed E-state index contributed by atoms with van der Waals surface area (Å²) in [6, 6.07) is 20.0. The maximum atomic E-state index is 13.0. The third-order valence-electron chi connectivity index (χ3n) is 4.28. The fourth-order valence-electron chi connectivity index (χ4n) is 2.89. The van der Waals surface area contributed by atoms with Crippen molar-refractivity contribution in [3.63, 3.8) is 0 Å². The molecule has 29 heavy (non-hydrogen) atoms. The molecule has 0 amide bonds. The number of aromatic nitrogens is 2. The van der Waals surface area contributed by atoms with E-state index in [1.807, 2.05) is 47.8 Å². The SMILES string of the molecule is COCc1ccc(S(=O)(=O)Nc2cn(-c3ccccc3)nc2-c2cccs2)cc1. The minimum absolute atomic E-state index is 0.182. The number of anilines is 1. The molecule has 0 spiro atoms. The van der Waals surface area contributed by atoms with E-state index in [1.54, 1.807) is 42.3 Å². The van der Waals surface area contributed by atoms with Gasteiger partial charge in [-0.25, -0.2) is 13.1 Å². The van der Waals surface area contributed by atoms with Crippen LogP contribution in [0.1, 0.15) is 5.56 Å². The van der Waals surface area contributed by atoms with Gasteiger partial charge >= 0.3 is 0 Å². The van der Waals surface area contributed by atoms with Crippen LogP contribution in [0.3, 0.4) is 0 Å². The molecular weight excluding hydrogens is 406 g/mol. The summed E-state index contributed by atoms with van der Waals surface area (Å²) < 4.78 is 35.4. The van der Waals surface area contributed by atoms with E-state index in [9.17, 15) is 8.42 Å². The van der Waals surface area contributed by atoms with Gasteiger partial charge in [-0.2, -0.15) is 5.10 Å². The highest BCUT2D eigenvalue weighted by atomic mass is 32.2. The lowest BCUT2D eigenvalue weighted by atomic mass is 10.2. The molecule has 0 bridgehead atoms. The molecule has 148 valence electrons. The van der Waals surface area contributed by atoms with Crippen molar-refractivity contribution in [2.75, 3.05) is 11.8 Å². The zero-order valence-electron chi connectivity index (χ0n) is 15.6. The van der Waals surface area contributed by atoms with Gasteiger partial charge in [0.2, 0.25) is 0 Å². The van der Waals surface area contributed by atoms with Gasteiger partial charge in [0, 0.05) is 7.11 Å². The Hall–Kier alpha value is -2.94. The standard InChI is InChI=1S/C21H19N3O3S2/c1-27-15-16-9-11-18(12-10-16)29(25,26)23-19-14-24(17-6-3-2-4-7-17)22-21(19)20-8-5-13-28-20/h2-14,23H,15H2,1H3. The van der Waals surface area contributed by atoms with E-state index in [1.165, 1.54) is 11.3 Å². The summed E-state index contributed by atoms with van der Waals surface area (Å²) in [6.45, 7) is 0.431. The van der Waals surface area contributed by atoms with E-state index < -0.39 is 10.0 Å². The fourth-order valence-corrected chi connectivity index (χ4v) is 4.67. The second kappa shape index (κ2) is 8.20. The van der Waals surface area contributed by atoms with Crippen molar-refractivity contribution in [1.82, 2.24) is 9.78 Å². The van der Waals surface area contributed by atoms with E-state index in [0.717, 1.165) is 16.1 Å². The normalized spacial score (nSPS) is 11.5. The highest BCUT2D eigenvalue weighted by Gasteiger charge is 2.20. The lowest BCUT2D eigenvalue weighted by Gasteiger charge is -2.08. The maximum Gasteiger partial charge on any atom is 0.262 e. The van der Waals surface area contributed by atoms with Gasteiger partial charge in [-0.15, -0.1) is 11.3 Å². The highest BCUT2D eigenvalue weighted by molar-refractivity contribution is 7.92.